The molecule has 0 aromatic carbocycles. The van der Waals surface area contributed by atoms with Gasteiger partial charge in [0.25, 0.3) is 0 Å². The van der Waals surface area contributed by atoms with Crippen LogP contribution in [0.25, 0.3) is 0 Å². The van der Waals surface area contributed by atoms with Crippen LogP contribution in [0.3, 0.4) is 0 Å². The van der Waals surface area contributed by atoms with Crippen LogP contribution in [-0.4, -0.2) is 16.5 Å². The second kappa shape index (κ2) is 6.29. The standard InChI is InChI=1S/C21H29N3/c1-20(2,3)18-8-6-7-16(23-18)13-21(4,5)19-10-9-15-14-22-12-11-17(15)24-19/h6-10,22H,11-14H2,1-5H3. The molecule has 0 unspecified atom stereocenters. The molecular formula is C21H29N3. The Morgan fingerprint density at radius 3 is 2.50 bits per heavy atom. The van der Waals surface area contributed by atoms with Crippen molar-refractivity contribution in [3.63, 3.8) is 0 Å². The number of hydrogen-bond donors (Lipinski definition) is 1. The Morgan fingerprint density at radius 2 is 1.75 bits per heavy atom. The fourth-order valence-corrected chi connectivity index (χ4v) is 3.25. The summed E-state index contributed by atoms with van der Waals surface area (Å²) in [5, 5.41) is 3.41. The lowest BCUT2D eigenvalue weighted by Gasteiger charge is -2.27. The molecule has 0 saturated carbocycles. The summed E-state index contributed by atoms with van der Waals surface area (Å²) in [6, 6.07) is 10.8. The third kappa shape index (κ3) is 3.67. The van der Waals surface area contributed by atoms with Crippen molar-refractivity contribution in [2.45, 2.75) is 64.8 Å². The van der Waals surface area contributed by atoms with Gasteiger partial charge in [-0.1, -0.05) is 46.8 Å². The highest BCUT2D eigenvalue weighted by Crippen LogP contribution is 2.28. The summed E-state index contributed by atoms with van der Waals surface area (Å²) < 4.78 is 0. The number of aromatic nitrogens is 2. The molecule has 0 radical (unpaired) electrons. The summed E-state index contributed by atoms with van der Waals surface area (Å²) in [4.78, 5) is 9.89. The summed E-state index contributed by atoms with van der Waals surface area (Å²) in [5.41, 5.74) is 6.13. The van der Waals surface area contributed by atoms with Crippen LogP contribution in [0.4, 0.5) is 0 Å². The monoisotopic (exact) mass is 323 g/mol. The molecule has 24 heavy (non-hydrogen) atoms. The van der Waals surface area contributed by atoms with Gasteiger partial charge in [0.1, 0.15) is 0 Å². The molecule has 2 aromatic heterocycles. The zero-order chi connectivity index (χ0) is 17.4. The van der Waals surface area contributed by atoms with Crippen molar-refractivity contribution in [1.82, 2.24) is 15.3 Å². The van der Waals surface area contributed by atoms with E-state index in [4.69, 9.17) is 9.97 Å². The van der Waals surface area contributed by atoms with E-state index in [1.54, 1.807) is 0 Å². The van der Waals surface area contributed by atoms with Crippen molar-refractivity contribution in [2.75, 3.05) is 6.54 Å². The Balaban J connectivity index is 1.86. The molecule has 1 aliphatic heterocycles. The highest BCUT2D eigenvalue weighted by Gasteiger charge is 2.26. The van der Waals surface area contributed by atoms with E-state index in [1.807, 2.05) is 0 Å². The molecule has 2 aromatic rings. The number of nitrogens with one attached hydrogen (secondary N) is 1. The van der Waals surface area contributed by atoms with Gasteiger partial charge in [-0.05, 0) is 23.8 Å². The molecule has 3 rings (SSSR count). The van der Waals surface area contributed by atoms with Crippen LogP contribution in [0.2, 0.25) is 0 Å². The van der Waals surface area contributed by atoms with E-state index in [-0.39, 0.29) is 10.8 Å². The first-order chi connectivity index (χ1) is 11.3. The second-order valence-corrected chi connectivity index (χ2v) is 8.55. The van der Waals surface area contributed by atoms with Gasteiger partial charge in [0.15, 0.2) is 0 Å². The molecule has 0 bridgehead atoms. The lowest BCUT2D eigenvalue weighted by molar-refractivity contribution is 0.487. The molecule has 0 atom stereocenters. The van der Waals surface area contributed by atoms with E-state index in [2.05, 4.69) is 70.3 Å². The molecule has 3 heterocycles. The molecule has 0 fully saturated rings. The lowest BCUT2D eigenvalue weighted by atomic mass is 9.82. The van der Waals surface area contributed by atoms with Gasteiger partial charge in [-0.3, -0.25) is 9.97 Å². The van der Waals surface area contributed by atoms with Gasteiger partial charge in [0.05, 0.1) is 0 Å². The smallest absolute Gasteiger partial charge is 0.0467 e. The SMILES string of the molecule is CC(C)(C)c1cccc(CC(C)(C)c2ccc3c(n2)CCNC3)n1. The van der Waals surface area contributed by atoms with Crippen LogP contribution < -0.4 is 5.32 Å². The number of hydrogen-bond acceptors (Lipinski definition) is 3. The van der Waals surface area contributed by atoms with E-state index >= 15 is 0 Å². The Kier molecular flexibility index (Phi) is 4.48. The van der Waals surface area contributed by atoms with Gasteiger partial charge in [-0.2, -0.15) is 0 Å². The van der Waals surface area contributed by atoms with E-state index < -0.39 is 0 Å². The number of pyridine rings is 2. The quantitative estimate of drug-likeness (QED) is 0.929. The first kappa shape index (κ1) is 17.1. The van der Waals surface area contributed by atoms with Crippen LogP contribution in [0.5, 0.6) is 0 Å². The van der Waals surface area contributed by atoms with Crippen LogP contribution in [0, 0.1) is 0 Å². The van der Waals surface area contributed by atoms with Gasteiger partial charge in [-0.25, -0.2) is 0 Å². The zero-order valence-corrected chi connectivity index (χ0v) is 15.6. The Morgan fingerprint density at radius 1 is 0.958 bits per heavy atom. The van der Waals surface area contributed by atoms with Crippen LogP contribution >= 0.6 is 0 Å². The maximum absolute atomic E-state index is 4.98. The Labute approximate surface area is 145 Å². The average Bonchev–Trinajstić information content (AvgIpc) is 2.53. The van der Waals surface area contributed by atoms with Gasteiger partial charge in [0, 0.05) is 59.5 Å². The molecule has 1 N–H and O–H groups in total. The summed E-state index contributed by atoms with van der Waals surface area (Å²) in [6.07, 6.45) is 1.93. The minimum atomic E-state index is -0.0244. The molecule has 0 saturated heterocycles. The largest absolute Gasteiger partial charge is 0.312 e. The highest BCUT2D eigenvalue weighted by atomic mass is 14.9. The summed E-state index contributed by atoms with van der Waals surface area (Å²) in [5.74, 6) is 0. The maximum atomic E-state index is 4.98. The molecule has 3 nitrogen and oxygen atoms in total. The predicted molar refractivity (Wildman–Crippen MR) is 99.3 cm³/mol. The second-order valence-electron chi connectivity index (χ2n) is 8.55. The molecule has 0 amide bonds. The normalized spacial score (nSPS) is 15.2. The van der Waals surface area contributed by atoms with Crippen LogP contribution in [-0.2, 0) is 30.2 Å². The van der Waals surface area contributed by atoms with Crippen molar-refractivity contribution in [3.05, 3.63) is 58.7 Å². The fourth-order valence-electron chi connectivity index (χ4n) is 3.25. The minimum absolute atomic E-state index is 0.0244. The van der Waals surface area contributed by atoms with Gasteiger partial charge in [-0.15, -0.1) is 0 Å². The summed E-state index contributed by atoms with van der Waals surface area (Å²) in [7, 11) is 0. The third-order valence-electron chi connectivity index (χ3n) is 4.81. The van der Waals surface area contributed by atoms with E-state index in [1.165, 1.54) is 17.0 Å². The maximum Gasteiger partial charge on any atom is 0.0467 e. The van der Waals surface area contributed by atoms with Crippen molar-refractivity contribution in [2.24, 2.45) is 0 Å². The Bertz CT molecular complexity index is 726. The number of nitrogens with zero attached hydrogens (tertiary/aromatic N) is 2. The minimum Gasteiger partial charge on any atom is -0.312 e. The topological polar surface area (TPSA) is 37.8 Å². The van der Waals surface area contributed by atoms with Crippen LogP contribution in [0.1, 0.15) is 63.0 Å². The molecule has 128 valence electrons. The highest BCUT2D eigenvalue weighted by molar-refractivity contribution is 5.29. The van der Waals surface area contributed by atoms with Crippen molar-refractivity contribution in [1.29, 1.82) is 0 Å². The molecule has 1 aliphatic rings. The summed E-state index contributed by atoms with van der Waals surface area (Å²) in [6.45, 7) is 13.1. The number of fused-ring (bicyclic) bond motifs is 1. The van der Waals surface area contributed by atoms with Crippen molar-refractivity contribution in [3.8, 4) is 0 Å². The summed E-state index contributed by atoms with van der Waals surface area (Å²) >= 11 is 0. The first-order valence-electron chi connectivity index (χ1n) is 8.92. The van der Waals surface area contributed by atoms with Crippen LogP contribution in [0.15, 0.2) is 30.3 Å². The molecule has 0 spiro atoms. The lowest BCUT2D eigenvalue weighted by Crippen LogP contribution is -2.28. The van der Waals surface area contributed by atoms with E-state index in [0.29, 0.717) is 0 Å². The fraction of sp³-hybridized carbons (Fsp3) is 0.524. The first-order valence-corrected chi connectivity index (χ1v) is 8.92. The predicted octanol–water partition coefficient (Wildman–Crippen LogP) is 3.94. The molecule has 3 heteroatoms. The van der Waals surface area contributed by atoms with Gasteiger partial charge >= 0.3 is 0 Å². The van der Waals surface area contributed by atoms with E-state index in [9.17, 15) is 0 Å². The average molecular weight is 323 g/mol. The Hall–Kier alpha value is -1.74. The van der Waals surface area contributed by atoms with Gasteiger partial charge in [0.2, 0.25) is 0 Å². The zero-order valence-electron chi connectivity index (χ0n) is 15.6. The third-order valence-corrected chi connectivity index (χ3v) is 4.81. The van der Waals surface area contributed by atoms with E-state index in [0.717, 1.165) is 37.3 Å². The van der Waals surface area contributed by atoms with Gasteiger partial charge < -0.3 is 5.32 Å². The molecule has 0 aliphatic carbocycles. The van der Waals surface area contributed by atoms with Crippen molar-refractivity contribution < 1.29 is 0 Å². The number of rotatable bonds is 3. The molecular weight excluding hydrogens is 294 g/mol. The van der Waals surface area contributed by atoms with Crippen molar-refractivity contribution >= 4 is 0 Å².